The SMILES string of the molecule is CCOC(=O)CN1C(=O)N(C)c2ccccc2-c2[nH]c(=O)c(C)cc21. The summed E-state index contributed by atoms with van der Waals surface area (Å²) in [5.41, 5.74) is 2.58. The van der Waals surface area contributed by atoms with E-state index < -0.39 is 5.97 Å². The molecule has 0 radical (unpaired) electrons. The number of ether oxygens (including phenoxy) is 1. The van der Waals surface area contributed by atoms with E-state index in [1.807, 2.05) is 18.2 Å². The maximum atomic E-state index is 13.0. The smallest absolute Gasteiger partial charge is 0.329 e. The van der Waals surface area contributed by atoms with Crippen molar-refractivity contribution in [1.29, 1.82) is 0 Å². The van der Waals surface area contributed by atoms with Crippen LogP contribution in [-0.4, -0.2) is 37.2 Å². The summed E-state index contributed by atoms with van der Waals surface area (Å²) < 4.78 is 4.99. The number of benzene rings is 1. The number of esters is 1. The molecule has 3 rings (SSSR count). The fourth-order valence-corrected chi connectivity index (χ4v) is 2.89. The van der Waals surface area contributed by atoms with Gasteiger partial charge in [-0.3, -0.25) is 19.4 Å². The number of hydrogen-bond acceptors (Lipinski definition) is 4. The number of carbonyl (C=O) groups excluding carboxylic acids is 2. The van der Waals surface area contributed by atoms with Crippen LogP contribution in [-0.2, 0) is 9.53 Å². The normalized spacial score (nSPS) is 13.2. The summed E-state index contributed by atoms with van der Waals surface area (Å²) in [6, 6.07) is 8.53. The Kier molecular flexibility index (Phi) is 4.31. The predicted octanol–water partition coefficient (Wildman–Crippen LogP) is 2.29. The number of H-pyrrole nitrogens is 1. The Bertz CT molecular complexity index is 903. The van der Waals surface area contributed by atoms with Crippen molar-refractivity contribution >= 4 is 23.4 Å². The highest BCUT2D eigenvalue weighted by molar-refractivity contribution is 6.12. The fourth-order valence-electron chi connectivity index (χ4n) is 2.89. The first-order chi connectivity index (χ1) is 11.9. The summed E-state index contributed by atoms with van der Waals surface area (Å²) in [6.45, 7) is 3.37. The van der Waals surface area contributed by atoms with Gasteiger partial charge in [0.1, 0.15) is 6.54 Å². The van der Waals surface area contributed by atoms with E-state index >= 15 is 0 Å². The van der Waals surface area contributed by atoms with Gasteiger partial charge >= 0.3 is 12.0 Å². The molecular weight excluding hydrogens is 322 g/mol. The van der Waals surface area contributed by atoms with Crippen LogP contribution in [0, 0.1) is 6.92 Å². The number of pyridine rings is 1. The quantitative estimate of drug-likeness (QED) is 0.868. The summed E-state index contributed by atoms with van der Waals surface area (Å²) in [6.07, 6.45) is 0. The van der Waals surface area contributed by atoms with Crippen LogP contribution in [0.15, 0.2) is 35.1 Å². The number of carbonyl (C=O) groups is 2. The number of amides is 2. The zero-order valence-electron chi connectivity index (χ0n) is 14.3. The molecule has 1 aromatic carbocycles. The van der Waals surface area contributed by atoms with Crippen LogP contribution in [0.3, 0.4) is 0 Å². The molecule has 1 aliphatic rings. The van der Waals surface area contributed by atoms with Gasteiger partial charge < -0.3 is 9.72 Å². The van der Waals surface area contributed by atoms with Crippen LogP contribution in [0.2, 0.25) is 0 Å². The Hall–Kier alpha value is -3.09. The molecule has 7 heteroatoms. The van der Waals surface area contributed by atoms with E-state index in [0.29, 0.717) is 22.6 Å². The maximum Gasteiger partial charge on any atom is 0.329 e. The lowest BCUT2D eigenvalue weighted by atomic mass is 10.1. The molecule has 7 nitrogen and oxygen atoms in total. The molecule has 0 saturated heterocycles. The molecule has 0 fully saturated rings. The van der Waals surface area contributed by atoms with Gasteiger partial charge in [-0.25, -0.2) is 4.79 Å². The number of aromatic amines is 1. The van der Waals surface area contributed by atoms with Crippen LogP contribution in [0.4, 0.5) is 16.2 Å². The molecule has 130 valence electrons. The number of nitrogens with zero attached hydrogens (tertiary/aromatic N) is 2. The Labute approximate surface area is 144 Å². The Morgan fingerprint density at radius 2 is 1.92 bits per heavy atom. The average Bonchev–Trinajstić information content (AvgIpc) is 2.67. The minimum absolute atomic E-state index is 0.231. The van der Waals surface area contributed by atoms with Crippen molar-refractivity contribution in [2.75, 3.05) is 30.0 Å². The van der Waals surface area contributed by atoms with E-state index in [1.54, 1.807) is 33.0 Å². The molecule has 2 amide bonds. The molecule has 1 aromatic heterocycles. The molecule has 0 saturated carbocycles. The third-order valence-corrected chi connectivity index (χ3v) is 4.14. The van der Waals surface area contributed by atoms with E-state index in [4.69, 9.17) is 4.74 Å². The van der Waals surface area contributed by atoms with Crippen molar-refractivity contribution in [2.24, 2.45) is 0 Å². The first kappa shape index (κ1) is 16.8. The third kappa shape index (κ3) is 2.88. The second kappa shape index (κ2) is 6.43. The fraction of sp³-hybridized carbons (Fsp3) is 0.278. The number of urea groups is 1. The Balaban J connectivity index is 2.23. The summed E-state index contributed by atoms with van der Waals surface area (Å²) in [7, 11) is 1.64. The minimum Gasteiger partial charge on any atom is -0.465 e. The Morgan fingerprint density at radius 3 is 2.64 bits per heavy atom. The lowest BCUT2D eigenvalue weighted by Crippen LogP contribution is -2.44. The molecule has 0 unspecified atom stereocenters. The van der Waals surface area contributed by atoms with E-state index in [2.05, 4.69) is 4.98 Å². The molecule has 0 spiro atoms. The monoisotopic (exact) mass is 341 g/mol. The van der Waals surface area contributed by atoms with Gasteiger partial charge in [0.25, 0.3) is 5.56 Å². The molecule has 25 heavy (non-hydrogen) atoms. The third-order valence-electron chi connectivity index (χ3n) is 4.14. The van der Waals surface area contributed by atoms with Crippen LogP contribution < -0.4 is 15.4 Å². The van der Waals surface area contributed by atoms with Gasteiger partial charge in [-0.1, -0.05) is 18.2 Å². The van der Waals surface area contributed by atoms with Gasteiger partial charge in [-0.05, 0) is 26.0 Å². The average molecular weight is 341 g/mol. The number of hydrogen-bond donors (Lipinski definition) is 1. The van der Waals surface area contributed by atoms with Crippen LogP contribution in [0.1, 0.15) is 12.5 Å². The standard InChI is InChI=1S/C18H19N3O4/c1-4-25-15(22)10-21-14-9-11(2)17(23)19-16(14)12-7-5-6-8-13(12)20(3)18(21)24/h5-9H,4,10H2,1-3H3,(H,19,23). The molecule has 0 atom stereocenters. The molecular formula is C18H19N3O4. The molecule has 2 aromatic rings. The molecule has 2 heterocycles. The summed E-state index contributed by atoms with van der Waals surface area (Å²) in [5, 5.41) is 0. The number of rotatable bonds is 3. The number of nitrogens with one attached hydrogen (secondary N) is 1. The van der Waals surface area contributed by atoms with Crippen molar-refractivity contribution in [1.82, 2.24) is 4.98 Å². The summed E-state index contributed by atoms with van der Waals surface area (Å²) in [4.78, 5) is 42.7. The topological polar surface area (TPSA) is 82.7 Å². The highest BCUT2D eigenvalue weighted by Gasteiger charge is 2.32. The highest BCUT2D eigenvalue weighted by atomic mass is 16.5. The van der Waals surface area contributed by atoms with Gasteiger partial charge in [0, 0.05) is 18.2 Å². The largest absolute Gasteiger partial charge is 0.465 e. The number of para-hydroxylation sites is 1. The number of anilines is 2. The molecule has 0 bridgehead atoms. The van der Waals surface area contributed by atoms with Crippen molar-refractivity contribution in [3.63, 3.8) is 0 Å². The van der Waals surface area contributed by atoms with Crippen molar-refractivity contribution < 1.29 is 14.3 Å². The van der Waals surface area contributed by atoms with Crippen LogP contribution in [0.25, 0.3) is 11.3 Å². The van der Waals surface area contributed by atoms with E-state index in [9.17, 15) is 14.4 Å². The van der Waals surface area contributed by atoms with Gasteiger partial charge in [-0.15, -0.1) is 0 Å². The van der Waals surface area contributed by atoms with Crippen molar-refractivity contribution in [2.45, 2.75) is 13.8 Å². The van der Waals surface area contributed by atoms with E-state index in [0.717, 1.165) is 5.56 Å². The zero-order chi connectivity index (χ0) is 18.1. The van der Waals surface area contributed by atoms with E-state index in [-0.39, 0.29) is 24.7 Å². The van der Waals surface area contributed by atoms with Gasteiger partial charge in [0.05, 0.1) is 23.7 Å². The second-order valence-electron chi connectivity index (χ2n) is 5.79. The summed E-state index contributed by atoms with van der Waals surface area (Å²) >= 11 is 0. The van der Waals surface area contributed by atoms with Crippen LogP contribution in [0.5, 0.6) is 0 Å². The first-order valence-electron chi connectivity index (χ1n) is 7.98. The highest BCUT2D eigenvalue weighted by Crippen LogP contribution is 2.38. The van der Waals surface area contributed by atoms with Gasteiger partial charge in [0.15, 0.2) is 0 Å². The zero-order valence-corrected chi connectivity index (χ0v) is 14.3. The summed E-state index contributed by atoms with van der Waals surface area (Å²) in [5.74, 6) is -0.509. The molecule has 1 N–H and O–H groups in total. The number of aromatic nitrogens is 1. The predicted molar refractivity (Wildman–Crippen MR) is 95.0 cm³/mol. The number of fused-ring (bicyclic) bond motifs is 3. The molecule has 1 aliphatic heterocycles. The van der Waals surface area contributed by atoms with Gasteiger partial charge in [0.2, 0.25) is 0 Å². The van der Waals surface area contributed by atoms with Crippen molar-refractivity contribution in [3.05, 3.63) is 46.2 Å². The van der Waals surface area contributed by atoms with E-state index in [1.165, 1.54) is 9.80 Å². The molecule has 0 aliphatic carbocycles. The van der Waals surface area contributed by atoms with Crippen LogP contribution >= 0.6 is 0 Å². The van der Waals surface area contributed by atoms with Gasteiger partial charge in [-0.2, -0.15) is 0 Å². The maximum absolute atomic E-state index is 13.0. The van der Waals surface area contributed by atoms with Crippen molar-refractivity contribution in [3.8, 4) is 11.3 Å². The minimum atomic E-state index is -0.509. The Morgan fingerprint density at radius 1 is 1.20 bits per heavy atom. The first-order valence-corrected chi connectivity index (χ1v) is 7.98. The lowest BCUT2D eigenvalue weighted by molar-refractivity contribution is -0.141. The number of aryl methyl sites for hydroxylation is 1. The second-order valence-corrected chi connectivity index (χ2v) is 5.79. The lowest BCUT2D eigenvalue weighted by Gasteiger charge is -2.25.